The fraction of sp³-hybridized carbons (Fsp3) is 0.200. The molecule has 0 aromatic carbocycles. The van der Waals surface area contributed by atoms with Gasteiger partial charge in [-0.3, -0.25) is 14.5 Å². The van der Waals surface area contributed by atoms with Crippen molar-refractivity contribution in [3.05, 3.63) is 32.4 Å². The lowest BCUT2D eigenvalue weighted by atomic mass is 10.3. The molecule has 15 heavy (non-hydrogen) atoms. The SMILES string of the molecule is CC1=CC(=O)N(Cc2csc(Br)c2)C1=O. The highest BCUT2D eigenvalue weighted by Crippen LogP contribution is 2.23. The largest absolute Gasteiger partial charge is 0.271 e. The summed E-state index contributed by atoms with van der Waals surface area (Å²) in [7, 11) is 0. The van der Waals surface area contributed by atoms with E-state index in [4.69, 9.17) is 0 Å². The first-order valence-electron chi connectivity index (χ1n) is 4.35. The number of imide groups is 1. The third-order valence-electron chi connectivity index (χ3n) is 2.15. The first kappa shape index (κ1) is 10.6. The van der Waals surface area contributed by atoms with Crippen molar-refractivity contribution in [2.75, 3.05) is 0 Å². The normalized spacial score (nSPS) is 16.1. The van der Waals surface area contributed by atoms with E-state index in [1.807, 2.05) is 11.4 Å². The molecule has 2 amide bonds. The van der Waals surface area contributed by atoms with E-state index < -0.39 is 0 Å². The van der Waals surface area contributed by atoms with Crippen molar-refractivity contribution in [2.45, 2.75) is 13.5 Å². The van der Waals surface area contributed by atoms with Crippen LogP contribution < -0.4 is 0 Å². The predicted octanol–water partition coefficient (Wildman–Crippen LogP) is 2.33. The molecule has 0 radical (unpaired) electrons. The van der Waals surface area contributed by atoms with Crippen LogP contribution in [0.15, 0.2) is 26.9 Å². The van der Waals surface area contributed by atoms with Crippen molar-refractivity contribution in [1.82, 2.24) is 4.90 Å². The van der Waals surface area contributed by atoms with Gasteiger partial charge in [0.15, 0.2) is 0 Å². The van der Waals surface area contributed by atoms with E-state index in [-0.39, 0.29) is 11.8 Å². The molecule has 0 aliphatic carbocycles. The first-order valence-corrected chi connectivity index (χ1v) is 6.02. The van der Waals surface area contributed by atoms with Gasteiger partial charge in [-0.25, -0.2) is 0 Å². The van der Waals surface area contributed by atoms with Gasteiger partial charge in [0.05, 0.1) is 10.3 Å². The van der Waals surface area contributed by atoms with Crippen molar-refractivity contribution < 1.29 is 9.59 Å². The second kappa shape index (κ2) is 3.90. The van der Waals surface area contributed by atoms with Crippen molar-refractivity contribution in [1.29, 1.82) is 0 Å². The Hall–Kier alpha value is -0.940. The van der Waals surface area contributed by atoms with Crippen molar-refractivity contribution in [3.63, 3.8) is 0 Å². The number of carbonyl (C=O) groups is 2. The van der Waals surface area contributed by atoms with E-state index in [1.165, 1.54) is 11.0 Å². The van der Waals surface area contributed by atoms with Crippen LogP contribution in [0.3, 0.4) is 0 Å². The minimum Gasteiger partial charge on any atom is -0.271 e. The van der Waals surface area contributed by atoms with Crippen LogP contribution in [-0.4, -0.2) is 16.7 Å². The molecule has 0 fully saturated rings. The Labute approximate surface area is 99.5 Å². The molecule has 3 nitrogen and oxygen atoms in total. The van der Waals surface area contributed by atoms with Gasteiger partial charge in [0, 0.05) is 11.6 Å². The van der Waals surface area contributed by atoms with E-state index in [1.54, 1.807) is 18.3 Å². The second-order valence-corrected chi connectivity index (χ2v) is 5.61. The fourth-order valence-corrected chi connectivity index (χ4v) is 2.60. The minimum atomic E-state index is -0.222. The third kappa shape index (κ3) is 2.03. The van der Waals surface area contributed by atoms with Gasteiger partial charge < -0.3 is 0 Å². The zero-order chi connectivity index (χ0) is 11.0. The Kier molecular flexibility index (Phi) is 2.75. The summed E-state index contributed by atoms with van der Waals surface area (Å²) >= 11 is 4.88. The Bertz CT molecular complexity index is 464. The highest BCUT2D eigenvalue weighted by atomic mass is 79.9. The van der Waals surface area contributed by atoms with Gasteiger partial charge >= 0.3 is 0 Å². The summed E-state index contributed by atoms with van der Waals surface area (Å²) in [5.41, 5.74) is 1.48. The molecule has 2 heterocycles. The van der Waals surface area contributed by atoms with Gasteiger partial charge in [-0.1, -0.05) is 0 Å². The molecular formula is C10H8BrNO2S. The maximum Gasteiger partial charge on any atom is 0.256 e. The molecule has 0 spiro atoms. The number of hydrogen-bond donors (Lipinski definition) is 0. The molecule has 0 bridgehead atoms. The average molecular weight is 286 g/mol. The molecule has 0 saturated carbocycles. The van der Waals surface area contributed by atoms with Gasteiger partial charge in [-0.2, -0.15) is 0 Å². The lowest BCUT2D eigenvalue weighted by Gasteiger charge is -2.12. The van der Waals surface area contributed by atoms with Gasteiger partial charge in [0.1, 0.15) is 0 Å². The molecule has 0 unspecified atom stereocenters. The third-order valence-corrected chi connectivity index (χ3v) is 3.70. The van der Waals surface area contributed by atoms with E-state index in [2.05, 4.69) is 15.9 Å². The number of rotatable bonds is 2. The Morgan fingerprint density at radius 1 is 1.47 bits per heavy atom. The maximum atomic E-state index is 11.6. The summed E-state index contributed by atoms with van der Waals surface area (Å²) in [6, 6.07) is 1.92. The topological polar surface area (TPSA) is 37.4 Å². The smallest absolute Gasteiger partial charge is 0.256 e. The zero-order valence-corrected chi connectivity index (χ0v) is 10.4. The molecule has 0 atom stereocenters. The second-order valence-electron chi connectivity index (χ2n) is 3.32. The van der Waals surface area contributed by atoms with Crippen LogP contribution in [0.1, 0.15) is 12.5 Å². The number of hydrogen-bond acceptors (Lipinski definition) is 3. The van der Waals surface area contributed by atoms with Crippen molar-refractivity contribution in [2.24, 2.45) is 0 Å². The van der Waals surface area contributed by atoms with E-state index in [0.29, 0.717) is 12.1 Å². The summed E-state index contributed by atoms with van der Waals surface area (Å²) < 4.78 is 1.00. The average Bonchev–Trinajstić information content (AvgIpc) is 2.67. The molecule has 0 N–H and O–H groups in total. The lowest BCUT2D eigenvalue weighted by molar-refractivity contribution is -0.137. The number of halogens is 1. The van der Waals surface area contributed by atoms with Crippen LogP contribution in [0.25, 0.3) is 0 Å². The Morgan fingerprint density at radius 3 is 2.67 bits per heavy atom. The summed E-state index contributed by atoms with van der Waals surface area (Å²) in [6.07, 6.45) is 1.38. The van der Waals surface area contributed by atoms with Crippen LogP contribution >= 0.6 is 27.3 Å². The quantitative estimate of drug-likeness (QED) is 0.782. The number of nitrogens with zero attached hydrogens (tertiary/aromatic N) is 1. The number of carbonyl (C=O) groups excluding carboxylic acids is 2. The fourth-order valence-electron chi connectivity index (χ4n) is 1.40. The molecular weight excluding hydrogens is 278 g/mol. The molecule has 1 aliphatic rings. The van der Waals surface area contributed by atoms with Gasteiger partial charge in [-0.15, -0.1) is 11.3 Å². The highest BCUT2D eigenvalue weighted by Gasteiger charge is 2.28. The maximum absolute atomic E-state index is 11.6. The van der Waals surface area contributed by atoms with Gasteiger partial charge in [-0.05, 0) is 39.9 Å². The Balaban J connectivity index is 2.15. The molecule has 5 heteroatoms. The van der Waals surface area contributed by atoms with Crippen LogP contribution in [0, 0.1) is 0 Å². The van der Waals surface area contributed by atoms with Crippen molar-refractivity contribution >= 4 is 39.1 Å². The van der Waals surface area contributed by atoms with Crippen LogP contribution in [0.5, 0.6) is 0 Å². The minimum absolute atomic E-state index is 0.192. The molecule has 78 valence electrons. The van der Waals surface area contributed by atoms with Gasteiger partial charge in [0.2, 0.25) is 0 Å². The molecule has 1 aromatic heterocycles. The summed E-state index contributed by atoms with van der Waals surface area (Å²) in [5.74, 6) is -0.415. The van der Waals surface area contributed by atoms with Crippen molar-refractivity contribution in [3.8, 4) is 0 Å². The Morgan fingerprint density at radius 2 is 2.20 bits per heavy atom. The summed E-state index contributed by atoms with van der Waals surface area (Å²) in [4.78, 5) is 24.2. The first-order chi connectivity index (χ1) is 7.08. The van der Waals surface area contributed by atoms with Crippen LogP contribution in [0.4, 0.5) is 0 Å². The van der Waals surface area contributed by atoms with E-state index in [0.717, 1.165) is 9.35 Å². The lowest BCUT2D eigenvalue weighted by Crippen LogP contribution is -2.29. The molecule has 0 saturated heterocycles. The number of amides is 2. The van der Waals surface area contributed by atoms with Gasteiger partial charge in [0.25, 0.3) is 11.8 Å². The summed E-state index contributed by atoms with van der Waals surface area (Å²) in [5, 5.41) is 1.93. The molecule has 1 aromatic rings. The zero-order valence-electron chi connectivity index (χ0n) is 7.99. The monoisotopic (exact) mass is 285 g/mol. The van der Waals surface area contributed by atoms with E-state index >= 15 is 0 Å². The molecule has 1 aliphatic heterocycles. The summed E-state index contributed by atoms with van der Waals surface area (Å²) in [6.45, 7) is 2.01. The van der Waals surface area contributed by atoms with Crippen LogP contribution in [-0.2, 0) is 16.1 Å². The number of thiophene rings is 1. The molecule has 2 rings (SSSR count). The highest BCUT2D eigenvalue weighted by molar-refractivity contribution is 9.11. The van der Waals surface area contributed by atoms with Crippen LogP contribution in [0.2, 0.25) is 0 Å². The standard InChI is InChI=1S/C10H8BrNO2S/c1-6-2-9(13)12(10(6)14)4-7-3-8(11)15-5-7/h2-3,5H,4H2,1H3. The predicted molar refractivity (Wildman–Crippen MR) is 61.3 cm³/mol. The van der Waals surface area contributed by atoms with E-state index in [9.17, 15) is 9.59 Å².